The van der Waals surface area contributed by atoms with Crippen molar-refractivity contribution < 1.29 is 9.59 Å². The first-order chi connectivity index (χ1) is 10.0. The Kier molecular flexibility index (Phi) is 4.02. The molecule has 0 saturated carbocycles. The highest BCUT2D eigenvalue weighted by Gasteiger charge is 2.26. The van der Waals surface area contributed by atoms with Crippen molar-refractivity contribution in [3.63, 3.8) is 0 Å². The largest absolute Gasteiger partial charge is 0.339 e. The average Bonchev–Trinajstić information content (AvgIpc) is 2.89. The number of aryl methyl sites for hydroxylation is 1. The van der Waals surface area contributed by atoms with Gasteiger partial charge in [0.25, 0.3) is 5.91 Å². The molecule has 0 radical (unpaired) electrons. The van der Waals surface area contributed by atoms with Gasteiger partial charge in [0, 0.05) is 38.0 Å². The number of fused-ring (bicyclic) bond motifs is 1. The summed E-state index contributed by atoms with van der Waals surface area (Å²) in [6.45, 7) is 6.48. The van der Waals surface area contributed by atoms with E-state index < -0.39 is 0 Å². The molecular formula is C16H22N2O2S. The van der Waals surface area contributed by atoms with Gasteiger partial charge in [-0.3, -0.25) is 9.59 Å². The predicted molar refractivity (Wildman–Crippen MR) is 83.7 cm³/mol. The van der Waals surface area contributed by atoms with Crippen molar-refractivity contribution in [3.05, 3.63) is 21.4 Å². The van der Waals surface area contributed by atoms with Crippen molar-refractivity contribution in [2.24, 2.45) is 5.92 Å². The normalized spacial score (nSPS) is 22.1. The minimum absolute atomic E-state index is 0.0997. The Morgan fingerprint density at radius 1 is 1.19 bits per heavy atom. The number of hydrogen-bond donors (Lipinski definition) is 0. The van der Waals surface area contributed by atoms with Crippen LogP contribution in [0.3, 0.4) is 0 Å². The number of hydrogen-bond acceptors (Lipinski definition) is 3. The maximum atomic E-state index is 12.6. The minimum atomic E-state index is 0.0997. The summed E-state index contributed by atoms with van der Waals surface area (Å²) in [4.78, 5) is 29.9. The van der Waals surface area contributed by atoms with Crippen LogP contribution in [0.4, 0.5) is 0 Å². The molecule has 2 heterocycles. The second-order valence-electron chi connectivity index (χ2n) is 6.21. The van der Waals surface area contributed by atoms with Crippen LogP contribution in [-0.2, 0) is 17.6 Å². The number of thiophene rings is 1. The van der Waals surface area contributed by atoms with Gasteiger partial charge in [0.05, 0.1) is 4.88 Å². The number of nitrogens with zero attached hydrogens (tertiary/aromatic N) is 2. The quantitative estimate of drug-likeness (QED) is 0.798. The van der Waals surface area contributed by atoms with Gasteiger partial charge in [-0.25, -0.2) is 0 Å². The molecule has 1 atom stereocenters. The van der Waals surface area contributed by atoms with Gasteiger partial charge in [-0.15, -0.1) is 11.3 Å². The number of rotatable bonds is 1. The van der Waals surface area contributed by atoms with Crippen LogP contribution >= 0.6 is 11.3 Å². The van der Waals surface area contributed by atoms with E-state index in [2.05, 4.69) is 13.0 Å². The molecule has 0 unspecified atom stereocenters. The molecule has 1 saturated heterocycles. The number of carbonyl (C=O) groups excluding carboxylic acids is 2. The Labute approximate surface area is 129 Å². The lowest BCUT2D eigenvalue weighted by atomic mass is 9.90. The van der Waals surface area contributed by atoms with Crippen LogP contribution in [0.2, 0.25) is 0 Å². The first kappa shape index (κ1) is 14.6. The summed E-state index contributed by atoms with van der Waals surface area (Å²) in [5, 5.41) is 0. The van der Waals surface area contributed by atoms with Crippen molar-refractivity contribution >= 4 is 23.2 Å². The van der Waals surface area contributed by atoms with E-state index in [0.29, 0.717) is 26.2 Å². The monoisotopic (exact) mass is 306 g/mol. The van der Waals surface area contributed by atoms with Crippen molar-refractivity contribution in [1.82, 2.24) is 9.80 Å². The second-order valence-corrected chi connectivity index (χ2v) is 7.34. The van der Waals surface area contributed by atoms with Gasteiger partial charge < -0.3 is 9.80 Å². The zero-order chi connectivity index (χ0) is 15.0. The average molecular weight is 306 g/mol. The van der Waals surface area contributed by atoms with E-state index >= 15 is 0 Å². The Bertz CT molecular complexity index is 559. The van der Waals surface area contributed by atoms with E-state index in [1.165, 1.54) is 16.9 Å². The summed E-state index contributed by atoms with van der Waals surface area (Å²) in [5.74, 6) is 0.974. The predicted octanol–water partition coefficient (Wildman–Crippen LogP) is 2.18. The number of amides is 2. The SMILES string of the molecule is CC(=O)N1CCN(C(=O)c2cc3c(s2)CC[C@H](C)C3)CC1. The summed E-state index contributed by atoms with van der Waals surface area (Å²) >= 11 is 1.67. The summed E-state index contributed by atoms with van der Waals surface area (Å²) < 4.78 is 0. The number of carbonyl (C=O) groups is 2. The Hall–Kier alpha value is -1.36. The molecular weight excluding hydrogens is 284 g/mol. The topological polar surface area (TPSA) is 40.6 Å². The molecule has 0 bridgehead atoms. The van der Waals surface area contributed by atoms with Gasteiger partial charge in [0.1, 0.15) is 0 Å². The van der Waals surface area contributed by atoms with Crippen molar-refractivity contribution in [1.29, 1.82) is 0 Å². The lowest BCUT2D eigenvalue weighted by Gasteiger charge is -2.33. The molecule has 5 heteroatoms. The van der Waals surface area contributed by atoms with Crippen LogP contribution in [0.1, 0.15) is 40.4 Å². The van der Waals surface area contributed by atoms with Crippen molar-refractivity contribution in [2.45, 2.75) is 33.1 Å². The van der Waals surface area contributed by atoms with Crippen LogP contribution in [0.5, 0.6) is 0 Å². The Balaban J connectivity index is 1.68. The standard InChI is InChI=1S/C16H22N2O2S/c1-11-3-4-14-13(9-11)10-15(21-14)16(20)18-7-5-17(6-8-18)12(2)19/h10-11H,3-9H2,1-2H3/t11-/m0/s1. The lowest BCUT2D eigenvalue weighted by molar-refractivity contribution is -0.130. The zero-order valence-corrected chi connectivity index (χ0v) is 13.5. The summed E-state index contributed by atoms with van der Waals surface area (Å²) in [7, 11) is 0. The molecule has 21 heavy (non-hydrogen) atoms. The van der Waals surface area contributed by atoms with Crippen LogP contribution in [0.25, 0.3) is 0 Å². The second kappa shape index (κ2) is 5.79. The molecule has 1 aromatic heterocycles. The third-order valence-electron chi connectivity index (χ3n) is 4.55. The Morgan fingerprint density at radius 2 is 1.86 bits per heavy atom. The minimum Gasteiger partial charge on any atom is -0.339 e. The van der Waals surface area contributed by atoms with E-state index in [0.717, 1.165) is 23.6 Å². The molecule has 1 aliphatic heterocycles. The van der Waals surface area contributed by atoms with Gasteiger partial charge in [-0.2, -0.15) is 0 Å². The molecule has 3 rings (SSSR count). The maximum absolute atomic E-state index is 12.6. The molecule has 0 spiro atoms. The van der Waals surface area contributed by atoms with Crippen LogP contribution in [0.15, 0.2) is 6.07 Å². The lowest BCUT2D eigenvalue weighted by Crippen LogP contribution is -2.49. The van der Waals surface area contributed by atoms with Crippen molar-refractivity contribution in [2.75, 3.05) is 26.2 Å². The highest BCUT2D eigenvalue weighted by molar-refractivity contribution is 7.14. The maximum Gasteiger partial charge on any atom is 0.264 e. The highest BCUT2D eigenvalue weighted by atomic mass is 32.1. The molecule has 1 aliphatic carbocycles. The summed E-state index contributed by atoms with van der Waals surface area (Å²) in [5.41, 5.74) is 1.38. The van der Waals surface area contributed by atoms with E-state index in [4.69, 9.17) is 0 Å². The van der Waals surface area contributed by atoms with E-state index in [-0.39, 0.29) is 11.8 Å². The van der Waals surface area contributed by atoms with Gasteiger partial charge in [-0.05, 0) is 36.8 Å². The van der Waals surface area contributed by atoms with Crippen LogP contribution < -0.4 is 0 Å². The van der Waals surface area contributed by atoms with Gasteiger partial charge >= 0.3 is 0 Å². The van der Waals surface area contributed by atoms with Crippen LogP contribution in [0, 0.1) is 5.92 Å². The fourth-order valence-corrected chi connectivity index (χ4v) is 4.37. The molecule has 1 aromatic rings. The van der Waals surface area contributed by atoms with Gasteiger partial charge in [-0.1, -0.05) is 6.92 Å². The zero-order valence-electron chi connectivity index (χ0n) is 12.7. The van der Waals surface area contributed by atoms with Gasteiger partial charge in [0.2, 0.25) is 5.91 Å². The summed E-state index contributed by atoms with van der Waals surface area (Å²) in [6.07, 6.45) is 3.46. The molecule has 4 nitrogen and oxygen atoms in total. The Morgan fingerprint density at radius 3 is 2.52 bits per heavy atom. The van der Waals surface area contributed by atoms with Crippen LogP contribution in [-0.4, -0.2) is 47.8 Å². The molecule has 0 aromatic carbocycles. The van der Waals surface area contributed by atoms with E-state index in [9.17, 15) is 9.59 Å². The fraction of sp³-hybridized carbons (Fsp3) is 0.625. The summed E-state index contributed by atoms with van der Waals surface area (Å²) in [6, 6.07) is 2.11. The highest BCUT2D eigenvalue weighted by Crippen LogP contribution is 2.32. The first-order valence-electron chi connectivity index (χ1n) is 7.71. The third-order valence-corrected chi connectivity index (χ3v) is 5.78. The van der Waals surface area contributed by atoms with E-state index in [1.54, 1.807) is 18.3 Å². The molecule has 2 amide bonds. The van der Waals surface area contributed by atoms with E-state index in [1.807, 2.05) is 9.80 Å². The fourth-order valence-electron chi connectivity index (χ4n) is 3.19. The molecule has 2 aliphatic rings. The third kappa shape index (κ3) is 2.98. The molecule has 1 fully saturated rings. The molecule has 114 valence electrons. The first-order valence-corrected chi connectivity index (χ1v) is 8.52. The van der Waals surface area contributed by atoms with Gasteiger partial charge in [0.15, 0.2) is 0 Å². The smallest absolute Gasteiger partial charge is 0.264 e. The van der Waals surface area contributed by atoms with Crippen molar-refractivity contribution in [3.8, 4) is 0 Å². The molecule has 0 N–H and O–H groups in total. The number of piperazine rings is 1.